The Kier molecular flexibility index (Phi) is 5.45. The molecule has 0 fully saturated rings. The first kappa shape index (κ1) is 14.1. The van der Waals surface area contributed by atoms with Gasteiger partial charge in [0.15, 0.2) is 0 Å². The maximum Gasteiger partial charge on any atom is 0.0880 e. The zero-order valence-electron chi connectivity index (χ0n) is 10.6. The minimum absolute atomic E-state index is 0.478. The van der Waals surface area contributed by atoms with Crippen molar-refractivity contribution in [3.05, 3.63) is 71.8 Å². The Morgan fingerprint density at radius 2 is 1.05 bits per heavy atom. The van der Waals surface area contributed by atoms with Crippen LogP contribution in [0.15, 0.2) is 60.7 Å². The second-order valence-corrected chi connectivity index (χ2v) is 5.47. The summed E-state index contributed by atoms with van der Waals surface area (Å²) < 4.78 is 0. The Balaban J connectivity index is 1.78. The summed E-state index contributed by atoms with van der Waals surface area (Å²) >= 11 is 1.56. The number of benzene rings is 2. The monoisotopic (exact) mass is 274 g/mol. The van der Waals surface area contributed by atoms with E-state index in [1.54, 1.807) is 11.8 Å². The minimum atomic E-state index is -0.478. The lowest BCUT2D eigenvalue weighted by molar-refractivity contribution is 0.198. The largest absolute Gasteiger partial charge is 0.388 e. The van der Waals surface area contributed by atoms with Crippen LogP contribution in [-0.2, 0) is 0 Å². The van der Waals surface area contributed by atoms with Crippen molar-refractivity contribution >= 4 is 11.8 Å². The van der Waals surface area contributed by atoms with Crippen molar-refractivity contribution in [2.24, 2.45) is 0 Å². The standard InChI is InChI=1S/C16H18O2S/c17-15(13-7-3-1-4-8-13)11-19-12-16(18)14-9-5-2-6-10-14/h1-10,15-18H,11-12H2/t15-,16-/m1/s1. The van der Waals surface area contributed by atoms with Gasteiger partial charge in [0.25, 0.3) is 0 Å². The molecule has 2 aromatic carbocycles. The fourth-order valence-corrected chi connectivity index (χ4v) is 2.80. The van der Waals surface area contributed by atoms with Crippen LogP contribution in [0.25, 0.3) is 0 Å². The van der Waals surface area contributed by atoms with Crippen LogP contribution in [0, 0.1) is 0 Å². The predicted molar refractivity (Wildman–Crippen MR) is 80.1 cm³/mol. The molecule has 0 saturated carbocycles. The quantitative estimate of drug-likeness (QED) is 0.850. The minimum Gasteiger partial charge on any atom is -0.388 e. The third-order valence-electron chi connectivity index (χ3n) is 2.92. The van der Waals surface area contributed by atoms with E-state index in [4.69, 9.17) is 0 Å². The molecule has 0 bridgehead atoms. The number of rotatable bonds is 6. The van der Waals surface area contributed by atoms with Crippen LogP contribution < -0.4 is 0 Å². The number of aliphatic hydroxyl groups excluding tert-OH is 2. The van der Waals surface area contributed by atoms with E-state index in [0.29, 0.717) is 11.5 Å². The first-order chi connectivity index (χ1) is 9.27. The molecule has 100 valence electrons. The molecule has 0 spiro atoms. The van der Waals surface area contributed by atoms with Crippen molar-refractivity contribution in [1.29, 1.82) is 0 Å². The fourth-order valence-electron chi connectivity index (χ4n) is 1.83. The second-order valence-electron chi connectivity index (χ2n) is 4.39. The van der Waals surface area contributed by atoms with Gasteiger partial charge in [-0.3, -0.25) is 0 Å². The van der Waals surface area contributed by atoms with Crippen LogP contribution in [0.5, 0.6) is 0 Å². The summed E-state index contributed by atoms with van der Waals surface area (Å²) in [4.78, 5) is 0. The molecule has 0 heterocycles. The summed E-state index contributed by atoms with van der Waals surface area (Å²) in [6, 6.07) is 19.2. The van der Waals surface area contributed by atoms with Gasteiger partial charge in [-0.1, -0.05) is 60.7 Å². The molecule has 0 radical (unpaired) electrons. The predicted octanol–water partition coefficient (Wildman–Crippen LogP) is 3.19. The van der Waals surface area contributed by atoms with Crippen LogP contribution in [0.4, 0.5) is 0 Å². The molecule has 0 aromatic heterocycles. The number of aliphatic hydroxyl groups is 2. The Hall–Kier alpha value is -1.29. The van der Waals surface area contributed by atoms with Crippen LogP contribution in [0.1, 0.15) is 23.3 Å². The first-order valence-electron chi connectivity index (χ1n) is 6.31. The maximum absolute atomic E-state index is 10.0. The van der Waals surface area contributed by atoms with Gasteiger partial charge in [0.05, 0.1) is 12.2 Å². The molecule has 0 unspecified atom stereocenters. The SMILES string of the molecule is O[C@H](CSC[C@@H](O)c1ccccc1)c1ccccc1. The molecule has 3 heteroatoms. The van der Waals surface area contributed by atoms with E-state index in [-0.39, 0.29) is 0 Å². The van der Waals surface area contributed by atoms with Gasteiger partial charge in [0.2, 0.25) is 0 Å². The lowest BCUT2D eigenvalue weighted by Gasteiger charge is -2.13. The van der Waals surface area contributed by atoms with E-state index in [9.17, 15) is 10.2 Å². The van der Waals surface area contributed by atoms with Crippen LogP contribution in [-0.4, -0.2) is 21.7 Å². The summed E-state index contributed by atoms with van der Waals surface area (Å²) in [6.45, 7) is 0. The smallest absolute Gasteiger partial charge is 0.0880 e. The highest BCUT2D eigenvalue weighted by molar-refractivity contribution is 7.99. The van der Waals surface area contributed by atoms with Crippen molar-refractivity contribution in [3.63, 3.8) is 0 Å². The van der Waals surface area contributed by atoms with Gasteiger partial charge in [-0.15, -0.1) is 0 Å². The highest BCUT2D eigenvalue weighted by Gasteiger charge is 2.10. The molecule has 2 aromatic rings. The van der Waals surface area contributed by atoms with Gasteiger partial charge < -0.3 is 10.2 Å². The molecule has 0 amide bonds. The average molecular weight is 274 g/mol. The van der Waals surface area contributed by atoms with Gasteiger partial charge in [-0.25, -0.2) is 0 Å². The molecule has 0 aliphatic rings. The van der Waals surface area contributed by atoms with E-state index in [1.807, 2.05) is 60.7 Å². The molecule has 0 aliphatic carbocycles. The van der Waals surface area contributed by atoms with Crippen molar-refractivity contribution in [1.82, 2.24) is 0 Å². The van der Waals surface area contributed by atoms with Gasteiger partial charge >= 0.3 is 0 Å². The topological polar surface area (TPSA) is 40.5 Å². The molecule has 2 nitrogen and oxygen atoms in total. The van der Waals surface area contributed by atoms with Crippen molar-refractivity contribution in [3.8, 4) is 0 Å². The van der Waals surface area contributed by atoms with Crippen LogP contribution >= 0.6 is 11.8 Å². The van der Waals surface area contributed by atoms with Gasteiger partial charge in [-0.2, -0.15) is 11.8 Å². The Morgan fingerprint density at radius 1 is 0.684 bits per heavy atom. The summed E-state index contributed by atoms with van der Waals surface area (Å²) in [5.74, 6) is 1.18. The van der Waals surface area contributed by atoms with Gasteiger partial charge in [-0.05, 0) is 11.1 Å². The Labute approximate surface area is 118 Å². The molecular weight excluding hydrogens is 256 g/mol. The summed E-state index contributed by atoms with van der Waals surface area (Å²) in [5.41, 5.74) is 1.84. The van der Waals surface area contributed by atoms with Crippen LogP contribution in [0.2, 0.25) is 0 Å². The highest BCUT2D eigenvalue weighted by atomic mass is 32.2. The first-order valence-corrected chi connectivity index (χ1v) is 7.46. The van der Waals surface area contributed by atoms with E-state index >= 15 is 0 Å². The van der Waals surface area contributed by atoms with Gasteiger partial charge in [0.1, 0.15) is 0 Å². The molecule has 2 rings (SSSR count). The average Bonchev–Trinajstić information content (AvgIpc) is 2.49. The Morgan fingerprint density at radius 3 is 1.42 bits per heavy atom. The van der Waals surface area contributed by atoms with E-state index in [1.165, 1.54) is 0 Å². The molecule has 2 atom stereocenters. The molecule has 0 aliphatic heterocycles. The molecule has 0 saturated heterocycles. The van der Waals surface area contributed by atoms with E-state index < -0.39 is 12.2 Å². The zero-order valence-corrected chi connectivity index (χ0v) is 11.5. The lowest BCUT2D eigenvalue weighted by Crippen LogP contribution is -2.05. The summed E-state index contributed by atoms with van der Waals surface area (Å²) in [7, 11) is 0. The van der Waals surface area contributed by atoms with E-state index in [0.717, 1.165) is 11.1 Å². The third-order valence-corrected chi connectivity index (χ3v) is 4.02. The lowest BCUT2D eigenvalue weighted by atomic mass is 10.1. The molecule has 19 heavy (non-hydrogen) atoms. The normalized spacial score (nSPS) is 14.0. The summed E-state index contributed by atoms with van der Waals surface area (Å²) in [6.07, 6.45) is -0.955. The van der Waals surface area contributed by atoms with E-state index in [2.05, 4.69) is 0 Å². The number of hydrogen-bond donors (Lipinski definition) is 2. The zero-order chi connectivity index (χ0) is 13.5. The van der Waals surface area contributed by atoms with Crippen molar-refractivity contribution < 1.29 is 10.2 Å². The number of thioether (sulfide) groups is 1. The Bertz CT molecular complexity index is 427. The number of hydrogen-bond acceptors (Lipinski definition) is 3. The van der Waals surface area contributed by atoms with Crippen molar-refractivity contribution in [2.75, 3.05) is 11.5 Å². The second kappa shape index (κ2) is 7.34. The van der Waals surface area contributed by atoms with Crippen LogP contribution in [0.3, 0.4) is 0 Å². The van der Waals surface area contributed by atoms with Crippen molar-refractivity contribution in [2.45, 2.75) is 12.2 Å². The fraction of sp³-hybridized carbons (Fsp3) is 0.250. The maximum atomic E-state index is 10.0. The molecular formula is C16H18O2S. The van der Waals surface area contributed by atoms with Gasteiger partial charge in [0, 0.05) is 11.5 Å². The highest BCUT2D eigenvalue weighted by Crippen LogP contribution is 2.22. The summed E-state index contributed by atoms with van der Waals surface area (Å²) in [5, 5.41) is 20.0. The third kappa shape index (κ3) is 4.39. The molecule has 2 N–H and O–H groups in total.